The van der Waals surface area contributed by atoms with Crippen molar-refractivity contribution in [3.05, 3.63) is 52.8 Å². The number of aryl methyl sites for hydroxylation is 1. The van der Waals surface area contributed by atoms with Crippen LogP contribution < -0.4 is 5.73 Å². The first-order valence-corrected chi connectivity index (χ1v) is 6.11. The number of rotatable bonds is 5. The minimum atomic E-state index is -0.141. The van der Waals surface area contributed by atoms with Crippen molar-refractivity contribution in [3.63, 3.8) is 0 Å². The first-order chi connectivity index (χ1) is 8.69. The monoisotopic (exact) mass is 265 g/mol. The summed E-state index contributed by atoms with van der Waals surface area (Å²) in [6.45, 7) is 0.906. The van der Waals surface area contributed by atoms with Gasteiger partial charge in [0.2, 0.25) is 0 Å². The molecule has 0 aliphatic rings. The number of hydrogen-bond donors (Lipinski definition) is 1. The molecule has 0 radical (unpaired) electrons. The Balaban J connectivity index is 1.99. The maximum atomic E-state index is 5.92. The molecule has 1 unspecified atom stereocenters. The van der Waals surface area contributed by atoms with E-state index in [4.69, 9.17) is 22.1 Å². The van der Waals surface area contributed by atoms with Gasteiger partial charge in [0, 0.05) is 30.4 Å². The van der Waals surface area contributed by atoms with Gasteiger partial charge in [0.05, 0.1) is 18.9 Å². The maximum absolute atomic E-state index is 5.92. The molecule has 0 bridgehead atoms. The zero-order chi connectivity index (χ0) is 13.0. The van der Waals surface area contributed by atoms with Gasteiger partial charge in [-0.2, -0.15) is 5.10 Å². The molecule has 0 aliphatic heterocycles. The molecule has 2 rings (SSSR count). The van der Waals surface area contributed by atoms with E-state index in [1.54, 1.807) is 10.9 Å². The van der Waals surface area contributed by atoms with Crippen LogP contribution in [0.1, 0.15) is 17.2 Å². The molecule has 1 atom stereocenters. The van der Waals surface area contributed by atoms with Crippen molar-refractivity contribution >= 4 is 11.6 Å². The molecule has 0 saturated heterocycles. The molecule has 1 aromatic heterocycles. The van der Waals surface area contributed by atoms with E-state index in [1.807, 2.05) is 37.5 Å². The lowest BCUT2D eigenvalue weighted by atomic mass is 10.2. The Morgan fingerprint density at radius 1 is 1.50 bits per heavy atom. The molecule has 2 N–H and O–H groups in total. The van der Waals surface area contributed by atoms with Crippen LogP contribution in [-0.2, 0) is 18.4 Å². The van der Waals surface area contributed by atoms with Gasteiger partial charge in [-0.25, -0.2) is 0 Å². The van der Waals surface area contributed by atoms with Gasteiger partial charge in [0.15, 0.2) is 0 Å². The standard InChI is InChI=1S/C13H16ClN3O/c1-17-8-11(7-16-17)13(6-15)18-9-10-3-2-4-12(14)5-10/h2-5,7-8,13H,6,9,15H2,1H3. The number of ether oxygens (including phenoxy) is 1. The van der Waals surface area contributed by atoms with Gasteiger partial charge >= 0.3 is 0 Å². The number of benzene rings is 1. The molecule has 0 spiro atoms. The Morgan fingerprint density at radius 2 is 2.33 bits per heavy atom. The van der Waals surface area contributed by atoms with Crippen LogP contribution in [0.5, 0.6) is 0 Å². The summed E-state index contributed by atoms with van der Waals surface area (Å²) in [6, 6.07) is 7.61. The van der Waals surface area contributed by atoms with Crippen molar-refractivity contribution in [3.8, 4) is 0 Å². The largest absolute Gasteiger partial charge is 0.367 e. The van der Waals surface area contributed by atoms with Crippen LogP contribution >= 0.6 is 11.6 Å². The normalized spacial score (nSPS) is 12.6. The predicted molar refractivity (Wildman–Crippen MR) is 71.2 cm³/mol. The highest BCUT2D eigenvalue weighted by Gasteiger charge is 2.12. The van der Waals surface area contributed by atoms with Crippen LogP contribution in [0.15, 0.2) is 36.7 Å². The highest BCUT2D eigenvalue weighted by molar-refractivity contribution is 6.30. The third kappa shape index (κ3) is 3.32. The SMILES string of the molecule is Cn1cc(C(CN)OCc2cccc(Cl)c2)cn1. The first kappa shape index (κ1) is 13.1. The molecule has 18 heavy (non-hydrogen) atoms. The number of nitrogens with two attached hydrogens (primary N) is 1. The molecule has 1 aromatic carbocycles. The lowest BCUT2D eigenvalue weighted by Crippen LogP contribution is -2.15. The average Bonchev–Trinajstić information content (AvgIpc) is 2.77. The Bertz CT molecular complexity index is 512. The predicted octanol–water partition coefficient (Wildman–Crippen LogP) is 2.29. The summed E-state index contributed by atoms with van der Waals surface area (Å²) in [4.78, 5) is 0. The van der Waals surface area contributed by atoms with E-state index in [0.717, 1.165) is 11.1 Å². The number of hydrogen-bond acceptors (Lipinski definition) is 3. The molecule has 0 amide bonds. The maximum Gasteiger partial charge on any atom is 0.0981 e. The lowest BCUT2D eigenvalue weighted by molar-refractivity contribution is 0.0456. The van der Waals surface area contributed by atoms with Crippen molar-refractivity contribution in [2.24, 2.45) is 12.8 Å². The summed E-state index contributed by atoms with van der Waals surface area (Å²) in [7, 11) is 1.87. The van der Waals surface area contributed by atoms with Gasteiger partial charge in [-0.1, -0.05) is 23.7 Å². The number of aromatic nitrogens is 2. The summed E-state index contributed by atoms with van der Waals surface area (Å²) in [5.74, 6) is 0. The van der Waals surface area contributed by atoms with Crippen LogP contribution in [0, 0.1) is 0 Å². The highest BCUT2D eigenvalue weighted by atomic mass is 35.5. The topological polar surface area (TPSA) is 53.1 Å². The quantitative estimate of drug-likeness (QED) is 0.902. The Hall–Kier alpha value is -1.36. The molecule has 2 aromatic rings. The fourth-order valence-corrected chi connectivity index (χ4v) is 1.94. The summed E-state index contributed by atoms with van der Waals surface area (Å²) in [5.41, 5.74) is 7.74. The number of nitrogens with zero attached hydrogens (tertiary/aromatic N) is 2. The fourth-order valence-electron chi connectivity index (χ4n) is 1.73. The number of halogens is 1. The summed E-state index contributed by atoms with van der Waals surface area (Å²) in [5, 5.41) is 4.82. The van der Waals surface area contributed by atoms with Crippen molar-refractivity contribution < 1.29 is 4.74 Å². The molecule has 96 valence electrons. The molecular formula is C13H16ClN3O. The smallest absolute Gasteiger partial charge is 0.0981 e. The molecule has 0 aliphatic carbocycles. The van der Waals surface area contributed by atoms with Crippen molar-refractivity contribution in [1.29, 1.82) is 0 Å². The average molecular weight is 266 g/mol. The van der Waals surface area contributed by atoms with Crippen LogP contribution in [0.3, 0.4) is 0 Å². The molecule has 1 heterocycles. The second-order valence-electron chi connectivity index (χ2n) is 4.11. The van der Waals surface area contributed by atoms with Crippen molar-refractivity contribution in [1.82, 2.24) is 9.78 Å². The van der Waals surface area contributed by atoms with E-state index in [2.05, 4.69) is 5.10 Å². The molecular weight excluding hydrogens is 250 g/mol. The van der Waals surface area contributed by atoms with Crippen LogP contribution in [0.2, 0.25) is 5.02 Å². The fraction of sp³-hybridized carbons (Fsp3) is 0.308. The van der Waals surface area contributed by atoms with E-state index in [9.17, 15) is 0 Å². The van der Waals surface area contributed by atoms with Crippen LogP contribution in [0.4, 0.5) is 0 Å². The Kier molecular flexibility index (Phi) is 4.36. The first-order valence-electron chi connectivity index (χ1n) is 5.73. The van der Waals surface area contributed by atoms with E-state index in [-0.39, 0.29) is 6.10 Å². The van der Waals surface area contributed by atoms with Crippen LogP contribution in [-0.4, -0.2) is 16.3 Å². The third-order valence-electron chi connectivity index (χ3n) is 2.65. The highest BCUT2D eigenvalue weighted by Crippen LogP contribution is 2.18. The summed E-state index contributed by atoms with van der Waals surface area (Å²) >= 11 is 5.92. The molecule has 4 nitrogen and oxygen atoms in total. The Labute approximate surface area is 111 Å². The van der Waals surface area contributed by atoms with Gasteiger partial charge in [-0.15, -0.1) is 0 Å². The second-order valence-corrected chi connectivity index (χ2v) is 4.55. The molecule has 0 fully saturated rings. The van der Waals surface area contributed by atoms with E-state index in [0.29, 0.717) is 18.2 Å². The van der Waals surface area contributed by atoms with Gasteiger partial charge in [0.1, 0.15) is 0 Å². The van der Waals surface area contributed by atoms with Gasteiger partial charge in [0.25, 0.3) is 0 Å². The Morgan fingerprint density at radius 3 is 2.94 bits per heavy atom. The van der Waals surface area contributed by atoms with Gasteiger partial charge in [-0.3, -0.25) is 4.68 Å². The van der Waals surface area contributed by atoms with E-state index < -0.39 is 0 Å². The van der Waals surface area contributed by atoms with Crippen molar-refractivity contribution in [2.45, 2.75) is 12.7 Å². The van der Waals surface area contributed by atoms with E-state index in [1.165, 1.54) is 0 Å². The minimum Gasteiger partial charge on any atom is -0.367 e. The summed E-state index contributed by atoms with van der Waals surface area (Å²) in [6.07, 6.45) is 3.54. The van der Waals surface area contributed by atoms with Gasteiger partial charge in [-0.05, 0) is 17.7 Å². The second kappa shape index (κ2) is 6.00. The third-order valence-corrected chi connectivity index (χ3v) is 2.89. The van der Waals surface area contributed by atoms with Gasteiger partial charge < -0.3 is 10.5 Å². The zero-order valence-electron chi connectivity index (χ0n) is 10.2. The molecule has 0 saturated carbocycles. The lowest BCUT2D eigenvalue weighted by Gasteiger charge is -2.14. The van der Waals surface area contributed by atoms with Crippen LogP contribution in [0.25, 0.3) is 0 Å². The molecule has 5 heteroatoms. The minimum absolute atomic E-state index is 0.141. The summed E-state index contributed by atoms with van der Waals surface area (Å²) < 4.78 is 7.53. The zero-order valence-corrected chi connectivity index (χ0v) is 11.0. The van der Waals surface area contributed by atoms with Crippen molar-refractivity contribution in [2.75, 3.05) is 6.54 Å². The van der Waals surface area contributed by atoms with E-state index >= 15 is 0 Å².